The highest BCUT2D eigenvalue weighted by Crippen LogP contribution is 2.24. The zero-order chi connectivity index (χ0) is 14.8. The van der Waals surface area contributed by atoms with Gasteiger partial charge in [-0.05, 0) is 19.1 Å². The zero-order valence-electron chi connectivity index (χ0n) is 11.8. The highest BCUT2D eigenvalue weighted by atomic mass is 19.1. The third-order valence-electron chi connectivity index (χ3n) is 3.17. The van der Waals surface area contributed by atoms with E-state index in [-0.39, 0.29) is 5.82 Å². The normalized spacial score (nSPS) is 10.8. The summed E-state index contributed by atoms with van der Waals surface area (Å²) in [6.07, 6.45) is 1.68. The second-order valence-electron chi connectivity index (χ2n) is 4.71. The Morgan fingerprint density at radius 3 is 2.86 bits per heavy atom. The van der Waals surface area contributed by atoms with Crippen molar-refractivity contribution in [2.75, 3.05) is 5.32 Å². The van der Waals surface area contributed by atoms with Gasteiger partial charge in [0, 0.05) is 24.7 Å². The first-order chi connectivity index (χ1) is 10.1. The first-order valence-electron chi connectivity index (χ1n) is 6.54. The molecule has 7 heteroatoms. The number of aromatic nitrogens is 5. The maximum Gasteiger partial charge on any atom is 0.221 e. The fraction of sp³-hybridized carbons (Fsp3) is 0.214. The van der Waals surface area contributed by atoms with Crippen LogP contribution in [0.2, 0.25) is 0 Å². The monoisotopic (exact) mass is 286 g/mol. The number of hydrogen-bond donors (Lipinski definition) is 2. The molecule has 0 saturated heterocycles. The van der Waals surface area contributed by atoms with Crippen LogP contribution < -0.4 is 5.32 Å². The van der Waals surface area contributed by atoms with Gasteiger partial charge in [0.25, 0.3) is 0 Å². The Morgan fingerprint density at radius 2 is 2.14 bits per heavy atom. The molecule has 0 saturated carbocycles. The second-order valence-corrected chi connectivity index (χ2v) is 4.71. The van der Waals surface area contributed by atoms with Gasteiger partial charge in [-0.25, -0.2) is 9.07 Å². The zero-order valence-corrected chi connectivity index (χ0v) is 11.8. The molecule has 0 unspecified atom stereocenters. The van der Waals surface area contributed by atoms with Crippen molar-refractivity contribution in [1.82, 2.24) is 25.0 Å². The minimum atomic E-state index is -0.280. The van der Waals surface area contributed by atoms with E-state index in [0.29, 0.717) is 29.6 Å². The van der Waals surface area contributed by atoms with E-state index in [9.17, 15) is 4.39 Å². The van der Waals surface area contributed by atoms with E-state index in [1.165, 1.54) is 6.07 Å². The van der Waals surface area contributed by atoms with Gasteiger partial charge in [0.1, 0.15) is 11.6 Å². The van der Waals surface area contributed by atoms with Crippen molar-refractivity contribution < 1.29 is 4.39 Å². The summed E-state index contributed by atoms with van der Waals surface area (Å²) in [5.41, 5.74) is 2.03. The second kappa shape index (κ2) is 5.35. The van der Waals surface area contributed by atoms with Gasteiger partial charge < -0.3 is 5.32 Å². The topological polar surface area (TPSA) is 71.4 Å². The molecule has 0 aliphatic carbocycles. The predicted molar refractivity (Wildman–Crippen MR) is 77.0 cm³/mol. The molecule has 6 nitrogen and oxygen atoms in total. The molecule has 2 N–H and O–H groups in total. The molecule has 0 bridgehead atoms. The minimum absolute atomic E-state index is 0.280. The maximum atomic E-state index is 13.9. The number of halogens is 1. The van der Waals surface area contributed by atoms with Gasteiger partial charge in [-0.15, -0.1) is 0 Å². The third-order valence-corrected chi connectivity index (χ3v) is 3.17. The van der Waals surface area contributed by atoms with E-state index in [4.69, 9.17) is 0 Å². The molecule has 2 aromatic heterocycles. The van der Waals surface area contributed by atoms with Crippen LogP contribution in [-0.4, -0.2) is 25.0 Å². The summed E-state index contributed by atoms with van der Waals surface area (Å²) >= 11 is 0. The van der Waals surface area contributed by atoms with E-state index in [2.05, 4.69) is 25.6 Å². The Bertz CT molecular complexity index is 760. The van der Waals surface area contributed by atoms with Crippen LogP contribution in [0.4, 0.5) is 10.3 Å². The van der Waals surface area contributed by atoms with Gasteiger partial charge in [-0.1, -0.05) is 12.1 Å². The van der Waals surface area contributed by atoms with Gasteiger partial charge in [0.2, 0.25) is 5.95 Å². The average Bonchev–Trinajstić information content (AvgIpc) is 3.03. The smallest absolute Gasteiger partial charge is 0.221 e. The molecule has 3 aromatic rings. The number of rotatable bonds is 4. The molecule has 0 aliphatic heterocycles. The Labute approximate surface area is 121 Å². The summed E-state index contributed by atoms with van der Waals surface area (Å²) in [6, 6.07) is 6.61. The Kier molecular flexibility index (Phi) is 3.39. The third kappa shape index (κ3) is 2.62. The fourth-order valence-electron chi connectivity index (χ4n) is 2.18. The molecule has 0 spiro atoms. The first kappa shape index (κ1) is 13.3. The van der Waals surface area contributed by atoms with Gasteiger partial charge in [0.15, 0.2) is 0 Å². The lowest BCUT2D eigenvalue weighted by atomic mass is 10.1. The standard InChI is InChI=1S/C14H15FN6/c1-9-18-14(21(2)20-9)16-7-10-8-17-19-13(10)11-5-3-4-6-12(11)15/h3-6,8H,7H2,1-2H3,(H,17,19)(H,16,18,20). The fourth-order valence-corrected chi connectivity index (χ4v) is 2.18. The number of nitrogens with zero attached hydrogens (tertiary/aromatic N) is 4. The number of aromatic amines is 1. The van der Waals surface area contributed by atoms with E-state index >= 15 is 0 Å². The van der Waals surface area contributed by atoms with Crippen molar-refractivity contribution in [2.45, 2.75) is 13.5 Å². The van der Waals surface area contributed by atoms with Crippen LogP contribution >= 0.6 is 0 Å². The molecule has 2 heterocycles. The lowest BCUT2D eigenvalue weighted by Crippen LogP contribution is -2.06. The van der Waals surface area contributed by atoms with Crippen molar-refractivity contribution in [3.05, 3.63) is 47.7 Å². The van der Waals surface area contributed by atoms with Gasteiger partial charge in [-0.2, -0.15) is 15.2 Å². The predicted octanol–water partition coefficient (Wildman–Crippen LogP) is 2.26. The van der Waals surface area contributed by atoms with Crippen molar-refractivity contribution in [2.24, 2.45) is 7.05 Å². The summed E-state index contributed by atoms with van der Waals surface area (Å²) in [5, 5.41) is 14.2. The largest absolute Gasteiger partial charge is 0.350 e. The van der Waals surface area contributed by atoms with Crippen LogP contribution in [0.5, 0.6) is 0 Å². The molecule has 0 radical (unpaired) electrons. The Morgan fingerprint density at radius 1 is 1.33 bits per heavy atom. The van der Waals surface area contributed by atoms with Crippen LogP contribution in [-0.2, 0) is 13.6 Å². The van der Waals surface area contributed by atoms with Crippen molar-refractivity contribution in [3.63, 3.8) is 0 Å². The van der Waals surface area contributed by atoms with Gasteiger partial charge >= 0.3 is 0 Å². The van der Waals surface area contributed by atoms with Crippen molar-refractivity contribution in [3.8, 4) is 11.3 Å². The molecular weight excluding hydrogens is 271 g/mol. The number of nitrogens with one attached hydrogen (secondary N) is 2. The minimum Gasteiger partial charge on any atom is -0.350 e. The number of hydrogen-bond acceptors (Lipinski definition) is 4. The molecular formula is C14H15FN6. The van der Waals surface area contributed by atoms with E-state index in [1.54, 1.807) is 29.1 Å². The summed E-state index contributed by atoms with van der Waals surface area (Å²) in [7, 11) is 1.81. The molecule has 0 aliphatic rings. The van der Waals surface area contributed by atoms with Crippen LogP contribution in [0.1, 0.15) is 11.4 Å². The highest BCUT2D eigenvalue weighted by molar-refractivity contribution is 5.63. The molecule has 3 rings (SSSR count). The highest BCUT2D eigenvalue weighted by Gasteiger charge is 2.12. The van der Waals surface area contributed by atoms with Crippen molar-refractivity contribution >= 4 is 5.95 Å². The quantitative estimate of drug-likeness (QED) is 0.771. The summed E-state index contributed by atoms with van der Waals surface area (Å²) in [5.74, 6) is 1.08. The molecule has 108 valence electrons. The summed E-state index contributed by atoms with van der Waals surface area (Å²) in [6.45, 7) is 2.31. The van der Waals surface area contributed by atoms with Crippen molar-refractivity contribution in [1.29, 1.82) is 0 Å². The van der Waals surface area contributed by atoms with E-state index < -0.39 is 0 Å². The molecule has 0 fully saturated rings. The van der Waals surface area contributed by atoms with Crippen LogP contribution in [0, 0.1) is 12.7 Å². The Hall–Kier alpha value is -2.70. The lowest BCUT2D eigenvalue weighted by Gasteiger charge is -2.06. The van der Waals surface area contributed by atoms with E-state index in [1.807, 2.05) is 14.0 Å². The van der Waals surface area contributed by atoms with Crippen LogP contribution in [0.3, 0.4) is 0 Å². The summed E-state index contributed by atoms with van der Waals surface area (Å²) in [4.78, 5) is 4.27. The lowest BCUT2D eigenvalue weighted by molar-refractivity contribution is 0.630. The Balaban J connectivity index is 1.83. The van der Waals surface area contributed by atoms with Crippen LogP contribution in [0.15, 0.2) is 30.5 Å². The van der Waals surface area contributed by atoms with Gasteiger partial charge in [-0.3, -0.25) is 5.10 Å². The first-order valence-corrected chi connectivity index (χ1v) is 6.54. The summed E-state index contributed by atoms with van der Waals surface area (Å²) < 4.78 is 15.5. The molecule has 0 amide bonds. The SMILES string of the molecule is Cc1nc(NCc2cn[nH]c2-c2ccccc2F)n(C)n1. The molecule has 21 heavy (non-hydrogen) atoms. The molecule has 0 atom stereocenters. The number of aryl methyl sites for hydroxylation is 2. The van der Waals surface area contributed by atoms with E-state index in [0.717, 1.165) is 5.56 Å². The van der Waals surface area contributed by atoms with Crippen LogP contribution in [0.25, 0.3) is 11.3 Å². The average molecular weight is 286 g/mol. The maximum absolute atomic E-state index is 13.9. The van der Waals surface area contributed by atoms with Gasteiger partial charge in [0.05, 0.1) is 11.9 Å². The number of H-pyrrole nitrogens is 1. The number of anilines is 1. The number of benzene rings is 1. The molecule has 1 aromatic carbocycles.